The van der Waals surface area contributed by atoms with Crippen LogP contribution in [-0.4, -0.2) is 55.3 Å². The normalized spacial score (nSPS) is 13.4. The van der Waals surface area contributed by atoms with E-state index in [-0.39, 0.29) is 0 Å². The SMILES string of the molecule is CC(=O)OC(CC[N+](C)(C)C)C(=O)O. The molecule has 0 bridgehead atoms. The Morgan fingerprint density at radius 3 is 2.14 bits per heavy atom. The molecule has 0 aliphatic carbocycles. The lowest BCUT2D eigenvalue weighted by molar-refractivity contribution is -0.870. The van der Waals surface area contributed by atoms with Gasteiger partial charge in [-0.15, -0.1) is 0 Å². The summed E-state index contributed by atoms with van der Waals surface area (Å²) < 4.78 is 5.30. The number of quaternary nitrogens is 1. The molecular weight excluding hydrogens is 186 g/mol. The van der Waals surface area contributed by atoms with Gasteiger partial charge in [0.1, 0.15) is 0 Å². The number of aliphatic carboxylic acids is 1. The van der Waals surface area contributed by atoms with Gasteiger partial charge in [0.2, 0.25) is 6.10 Å². The number of esters is 1. The van der Waals surface area contributed by atoms with E-state index in [1.807, 2.05) is 21.1 Å². The second kappa shape index (κ2) is 4.95. The van der Waals surface area contributed by atoms with E-state index >= 15 is 0 Å². The van der Waals surface area contributed by atoms with E-state index < -0.39 is 18.0 Å². The van der Waals surface area contributed by atoms with Crippen molar-refractivity contribution >= 4 is 11.9 Å². The van der Waals surface area contributed by atoms with E-state index in [2.05, 4.69) is 4.74 Å². The molecule has 0 spiro atoms. The van der Waals surface area contributed by atoms with Gasteiger partial charge in [0.15, 0.2) is 0 Å². The summed E-state index contributed by atoms with van der Waals surface area (Å²) in [6.07, 6.45) is -0.692. The van der Waals surface area contributed by atoms with Crippen LogP contribution >= 0.6 is 0 Å². The average molecular weight is 204 g/mol. The fourth-order valence-electron chi connectivity index (χ4n) is 0.938. The number of carboxylic acids is 1. The molecule has 0 saturated carbocycles. The molecule has 82 valence electrons. The number of hydrogen-bond donors (Lipinski definition) is 1. The molecule has 0 aliphatic rings. The Morgan fingerprint density at radius 1 is 1.36 bits per heavy atom. The van der Waals surface area contributed by atoms with Crippen LogP contribution < -0.4 is 0 Å². The molecule has 5 nitrogen and oxygen atoms in total. The van der Waals surface area contributed by atoms with Crippen molar-refractivity contribution in [2.45, 2.75) is 19.4 Å². The molecule has 0 rings (SSSR count). The van der Waals surface area contributed by atoms with Gasteiger partial charge < -0.3 is 14.3 Å². The second-order valence-corrected chi connectivity index (χ2v) is 4.24. The highest BCUT2D eigenvalue weighted by Crippen LogP contribution is 2.03. The van der Waals surface area contributed by atoms with Crippen molar-refractivity contribution < 1.29 is 23.9 Å². The first kappa shape index (κ1) is 12.9. The monoisotopic (exact) mass is 204 g/mol. The molecule has 1 atom stereocenters. The summed E-state index contributed by atoms with van der Waals surface area (Å²) in [6.45, 7) is 1.85. The van der Waals surface area contributed by atoms with Gasteiger partial charge in [-0.05, 0) is 0 Å². The Labute approximate surface area is 83.9 Å². The van der Waals surface area contributed by atoms with Crippen molar-refractivity contribution in [1.82, 2.24) is 0 Å². The van der Waals surface area contributed by atoms with Crippen LogP contribution in [0.3, 0.4) is 0 Å². The third kappa shape index (κ3) is 6.42. The first-order chi connectivity index (χ1) is 6.22. The lowest BCUT2D eigenvalue weighted by Crippen LogP contribution is -2.39. The maximum atomic E-state index is 10.7. The Bertz CT molecular complexity index is 219. The van der Waals surface area contributed by atoms with Crippen molar-refractivity contribution in [2.75, 3.05) is 27.7 Å². The minimum atomic E-state index is -1.09. The van der Waals surface area contributed by atoms with Crippen LogP contribution in [0.5, 0.6) is 0 Å². The van der Waals surface area contributed by atoms with Crippen molar-refractivity contribution in [1.29, 1.82) is 0 Å². The molecule has 1 unspecified atom stereocenters. The van der Waals surface area contributed by atoms with Crippen LogP contribution in [0.1, 0.15) is 13.3 Å². The highest BCUT2D eigenvalue weighted by Gasteiger charge is 2.23. The van der Waals surface area contributed by atoms with Crippen LogP contribution in [-0.2, 0) is 14.3 Å². The predicted molar refractivity (Wildman–Crippen MR) is 50.7 cm³/mol. The predicted octanol–water partition coefficient (Wildman–Crippen LogP) is 0.0990. The minimum absolute atomic E-state index is 0.332. The standard InChI is InChI=1S/C9H17NO4/c1-7(11)14-8(9(12)13)5-6-10(2,3)4/h8H,5-6H2,1-4H3/p+1. The Balaban J connectivity index is 4.11. The quantitative estimate of drug-likeness (QED) is 0.509. The van der Waals surface area contributed by atoms with Gasteiger partial charge in [-0.1, -0.05) is 0 Å². The van der Waals surface area contributed by atoms with Crippen LogP contribution in [0.2, 0.25) is 0 Å². The number of carbonyl (C=O) groups excluding carboxylic acids is 1. The van der Waals surface area contributed by atoms with Gasteiger partial charge in [0.25, 0.3) is 0 Å². The molecule has 0 aromatic carbocycles. The van der Waals surface area contributed by atoms with Gasteiger partial charge in [0, 0.05) is 13.3 Å². The maximum absolute atomic E-state index is 10.7. The number of ether oxygens (including phenoxy) is 1. The number of hydrogen-bond acceptors (Lipinski definition) is 3. The lowest BCUT2D eigenvalue weighted by atomic mass is 10.2. The summed E-state index contributed by atoms with van der Waals surface area (Å²) in [5.41, 5.74) is 0. The first-order valence-corrected chi connectivity index (χ1v) is 4.43. The van der Waals surface area contributed by atoms with Crippen LogP contribution in [0.15, 0.2) is 0 Å². The largest absolute Gasteiger partial charge is 0.479 e. The molecular formula is C9H18NO4+. The zero-order valence-corrected chi connectivity index (χ0v) is 9.11. The fraction of sp³-hybridized carbons (Fsp3) is 0.778. The maximum Gasteiger partial charge on any atom is 0.345 e. The summed E-state index contributed by atoms with van der Waals surface area (Å²) in [6, 6.07) is 0. The summed E-state index contributed by atoms with van der Waals surface area (Å²) in [4.78, 5) is 21.3. The van der Waals surface area contributed by atoms with Crippen molar-refractivity contribution in [3.63, 3.8) is 0 Å². The van der Waals surface area contributed by atoms with Gasteiger partial charge in [-0.2, -0.15) is 0 Å². The van der Waals surface area contributed by atoms with Crippen LogP contribution in [0.25, 0.3) is 0 Å². The highest BCUT2D eigenvalue weighted by molar-refractivity contribution is 5.76. The van der Waals surface area contributed by atoms with Crippen LogP contribution in [0.4, 0.5) is 0 Å². The fourth-order valence-corrected chi connectivity index (χ4v) is 0.938. The lowest BCUT2D eigenvalue weighted by Gasteiger charge is -2.25. The summed E-state index contributed by atoms with van der Waals surface area (Å²) in [5.74, 6) is -1.65. The molecule has 0 saturated heterocycles. The van der Waals surface area contributed by atoms with Gasteiger partial charge in [-0.25, -0.2) is 4.79 Å². The van der Waals surface area contributed by atoms with E-state index in [4.69, 9.17) is 5.11 Å². The van der Waals surface area contributed by atoms with Gasteiger partial charge in [0.05, 0.1) is 27.7 Å². The number of rotatable bonds is 5. The number of nitrogens with zero attached hydrogens (tertiary/aromatic N) is 1. The van der Waals surface area contributed by atoms with E-state index in [1.54, 1.807) is 0 Å². The topological polar surface area (TPSA) is 63.6 Å². The molecule has 5 heteroatoms. The third-order valence-electron chi connectivity index (χ3n) is 1.65. The van der Waals surface area contributed by atoms with E-state index in [1.165, 1.54) is 6.92 Å². The molecule has 0 amide bonds. The van der Waals surface area contributed by atoms with Gasteiger partial charge in [-0.3, -0.25) is 4.79 Å². The van der Waals surface area contributed by atoms with Crippen LogP contribution in [0, 0.1) is 0 Å². The molecule has 1 N–H and O–H groups in total. The van der Waals surface area contributed by atoms with E-state index in [0.717, 1.165) is 0 Å². The average Bonchev–Trinajstić information content (AvgIpc) is 1.94. The smallest absolute Gasteiger partial charge is 0.345 e. The first-order valence-electron chi connectivity index (χ1n) is 4.43. The van der Waals surface area contributed by atoms with Gasteiger partial charge >= 0.3 is 11.9 Å². The molecule has 0 heterocycles. The molecule has 0 fully saturated rings. The highest BCUT2D eigenvalue weighted by atomic mass is 16.6. The van der Waals surface area contributed by atoms with E-state index in [0.29, 0.717) is 17.4 Å². The number of carbonyl (C=O) groups is 2. The van der Waals surface area contributed by atoms with Crippen molar-refractivity contribution in [2.24, 2.45) is 0 Å². The summed E-state index contributed by atoms with van der Waals surface area (Å²) >= 11 is 0. The Morgan fingerprint density at radius 2 is 1.86 bits per heavy atom. The third-order valence-corrected chi connectivity index (χ3v) is 1.65. The zero-order chi connectivity index (χ0) is 11.4. The van der Waals surface area contributed by atoms with E-state index in [9.17, 15) is 9.59 Å². The number of carboxylic acid groups (broad SMARTS) is 1. The Hall–Kier alpha value is -1.10. The minimum Gasteiger partial charge on any atom is -0.479 e. The van der Waals surface area contributed by atoms with Crippen molar-refractivity contribution in [3.05, 3.63) is 0 Å². The molecule has 0 aromatic heterocycles. The zero-order valence-electron chi connectivity index (χ0n) is 9.11. The summed E-state index contributed by atoms with van der Waals surface area (Å²) in [7, 11) is 5.85. The molecule has 0 radical (unpaired) electrons. The van der Waals surface area contributed by atoms with Crippen molar-refractivity contribution in [3.8, 4) is 0 Å². The second-order valence-electron chi connectivity index (χ2n) is 4.24. The molecule has 14 heavy (non-hydrogen) atoms. The Kier molecular flexibility index (Phi) is 4.56. The molecule has 0 aliphatic heterocycles. The summed E-state index contributed by atoms with van der Waals surface area (Å²) in [5, 5.41) is 8.73. The molecule has 0 aromatic rings.